The van der Waals surface area contributed by atoms with Gasteiger partial charge in [0.05, 0.1) is 0 Å². The Labute approximate surface area is 118 Å². The highest BCUT2D eigenvalue weighted by Crippen LogP contribution is 2.19. The van der Waals surface area contributed by atoms with Crippen molar-refractivity contribution in [1.82, 2.24) is 10.2 Å². The van der Waals surface area contributed by atoms with Gasteiger partial charge in [0.2, 0.25) is 5.91 Å². The summed E-state index contributed by atoms with van der Waals surface area (Å²) in [5.74, 6) is 0.615. The fourth-order valence-electron chi connectivity index (χ4n) is 2.55. The molecule has 0 saturated carbocycles. The molecule has 0 aromatic carbocycles. The molecule has 4 heteroatoms. The summed E-state index contributed by atoms with van der Waals surface area (Å²) in [6.45, 7) is 10.4. The summed E-state index contributed by atoms with van der Waals surface area (Å²) in [5.41, 5.74) is 0. The van der Waals surface area contributed by atoms with E-state index in [2.05, 4.69) is 37.9 Å². The van der Waals surface area contributed by atoms with Crippen molar-refractivity contribution in [1.29, 1.82) is 0 Å². The first-order chi connectivity index (χ1) is 8.11. The fourth-order valence-corrected chi connectivity index (χ4v) is 2.55. The lowest BCUT2D eigenvalue weighted by Crippen LogP contribution is -2.58. The van der Waals surface area contributed by atoms with E-state index in [0.717, 1.165) is 25.9 Å². The Morgan fingerprint density at radius 2 is 2.06 bits per heavy atom. The van der Waals surface area contributed by atoms with Crippen LogP contribution in [-0.4, -0.2) is 36.0 Å². The molecule has 0 aliphatic carbocycles. The van der Waals surface area contributed by atoms with Crippen LogP contribution < -0.4 is 5.32 Å². The summed E-state index contributed by atoms with van der Waals surface area (Å²) in [6, 6.07) is 0.739. The monoisotopic (exact) mass is 276 g/mol. The van der Waals surface area contributed by atoms with E-state index < -0.39 is 0 Å². The summed E-state index contributed by atoms with van der Waals surface area (Å²) in [4.78, 5) is 14.6. The number of halogens is 1. The third-order valence-electron chi connectivity index (χ3n) is 4.07. The maximum atomic E-state index is 12.5. The van der Waals surface area contributed by atoms with Gasteiger partial charge in [-0.1, -0.05) is 26.7 Å². The van der Waals surface area contributed by atoms with E-state index in [4.69, 9.17) is 0 Å². The molecule has 3 unspecified atom stereocenters. The number of unbranched alkanes of at least 4 members (excludes halogenated alkanes) is 1. The number of nitrogens with one attached hydrogen (secondary N) is 1. The van der Waals surface area contributed by atoms with Crippen LogP contribution in [0.25, 0.3) is 0 Å². The summed E-state index contributed by atoms with van der Waals surface area (Å²) in [7, 11) is 0. The molecule has 1 heterocycles. The zero-order chi connectivity index (χ0) is 12.8. The van der Waals surface area contributed by atoms with E-state index in [0.29, 0.717) is 18.0 Å². The van der Waals surface area contributed by atoms with Crippen LogP contribution in [0, 0.1) is 5.92 Å². The minimum absolute atomic E-state index is 0. The van der Waals surface area contributed by atoms with Crippen LogP contribution in [0.4, 0.5) is 0 Å². The predicted molar refractivity (Wildman–Crippen MR) is 79.2 cm³/mol. The number of hydrogen-bond donors (Lipinski definition) is 1. The highest BCUT2D eigenvalue weighted by molar-refractivity contribution is 5.85. The molecule has 0 radical (unpaired) electrons. The molecule has 1 rings (SSSR count). The second-order valence-electron chi connectivity index (χ2n) is 5.26. The number of nitrogens with zero attached hydrogens (tertiary/aromatic N) is 1. The normalized spacial score (nSPS) is 25.4. The predicted octanol–water partition coefficient (Wildman–Crippen LogP) is 2.83. The lowest BCUT2D eigenvalue weighted by molar-refractivity contribution is -0.139. The maximum absolute atomic E-state index is 12.5. The van der Waals surface area contributed by atoms with Gasteiger partial charge in [0.15, 0.2) is 0 Å². The van der Waals surface area contributed by atoms with E-state index in [1.165, 1.54) is 12.8 Å². The first-order valence-electron chi connectivity index (χ1n) is 7.15. The standard InChI is InChI=1S/C14H28N2O.ClH/c1-5-7-8-13(6-2)14(17)16-10-9-15-11(3)12(16)4;/h11-13,15H,5-10H2,1-4H3;1H. The minimum Gasteiger partial charge on any atom is -0.337 e. The van der Waals surface area contributed by atoms with E-state index in [1.807, 2.05) is 0 Å². The van der Waals surface area contributed by atoms with Crippen LogP contribution in [0.2, 0.25) is 0 Å². The molecule has 1 aliphatic rings. The Morgan fingerprint density at radius 1 is 1.39 bits per heavy atom. The Hall–Kier alpha value is -0.280. The third-order valence-corrected chi connectivity index (χ3v) is 4.07. The van der Waals surface area contributed by atoms with Crippen molar-refractivity contribution in [3.63, 3.8) is 0 Å². The van der Waals surface area contributed by atoms with Crippen molar-refractivity contribution < 1.29 is 4.79 Å². The van der Waals surface area contributed by atoms with Gasteiger partial charge >= 0.3 is 0 Å². The smallest absolute Gasteiger partial charge is 0.226 e. The van der Waals surface area contributed by atoms with E-state index in [9.17, 15) is 4.79 Å². The van der Waals surface area contributed by atoms with Gasteiger partial charge in [-0.2, -0.15) is 0 Å². The summed E-state index contributed by atoms with van der Waals surface area (Å²) in [6.07, 6.45) is 4.37. The largest absolute Gasteiger partial charge is 0.337 e. The van der Waals surface area contributed by atoms with Crippen LogP contribution >= 0.6 is 12.4 Å². The van der Waals surface area contributed by atoms with Crippen molar-refractivity contribution in [2.75, 3.05) is 13.1 Å². The van der Waals surface area contributed by atoms with Crippen molar-refractivity contribution >= 4 is 18.3 Å². The molecule has 0 aromatic heterocycles. The number of hydrogen-bond acceptors (Lipinski definition) is 2. The lowest BCUT2D eigenvalue weighted by atomic mass is 9.95. The number of rotatable bonds is 5. The number of piperazine rings is 1. The van der Waals surface area contributed by atoms with Crippen molar-refractivity contribution in [2.45, 2.75) is 65.5 Å². The topological polar surface area (TPSA) is 32.3 Å². The van der Waals surface area contributed by atoms with Crippen molar-refractivity contribution in [3.05, 3.63) is 0 Å². The van der Waals surface area contributed by atoms with Gasteiger partial charge in [0.1, 0.15) is 0 Å². The van der Waals surface area contributed by atoms with Crippen LogP contribution in [0.3, 0.4) is 0 Å². The van der Waals surface area contributed by atoms with E-state index in [1.54, 1.807) is 0 Å². The molecule has 1 saturated heterocycles. The molecule has 108 valence electrons. The zero-order valence-corrected chi connectivity index (χ0v) is 13.1. The number of amides is 1. The highest BCUT2D eigenvalue weighted by atomic mass is 35.5. The molecule has 1 aliphatic heterocycles. The fraction of sp³-hybridized carbons (Fsp3) is 0.929. The Kier molecular flexibility index (Phi) is 8.62. The van der Waals surface area contributed by atoms with Gasteiger partial charge in [-0.05, 0) is 26.7 Å². The Morgan fingerprint density at radius 3 is 2.61 bits per heavy atom. The van der Waals surface area contributed by atoms with Gasteiger partial charge in [0.25, 0.3) is 0 Å². The second-order valence-corrected chi connectivity index (χ2v) is 5.26. The lowest BCUT2D eigenvalue weighted by Gasteiger charge is -2.40. The molecule has 0 aromatic rings. The summed E-state index contributed by atoms with van der Waals surface area (Å²) < 4.78 is 0. The molecule has 1 N–H and O–H groups in total. The van der Waals surface area contributed by atoms with Gasteiger partial charge in [-0.15, -0.1) is 12.4 Å². The zero-order valence-electron chi connectivity index (χ0n) is 12.2. The van der Waals surface area contributed by atoms with Crippen LogP contribution in [0.15, 0.2) is 0 Å². The Bertz CT molecular complexity index is 248. The second kappa shape index (κ2) is 8.76. The molecular weight excluding hydrogens is 248 g/mol. The van der Waals surface area contributed by atoms with E-state index >= 15 is 0 Å². The first kappa shape index (κ1) is 17.7. The quantitative estimate of drug-likeness (QED) is 0.837. The molecule has 3 atom stereocenters. The average Bonchev–Trinajstić information content (AvgIpc) is 2.33. The van der Waals surface area contributed by atoms with Crippen molar-refractivity contribution in [2.24, 2.45) is 5.92 Å². The summed E-state index contributed by atoms with van der Waals surface area (Å²) >= 11 is 0. The maximum Gasteiger partial charge on any atom is 0.226 e. The van der Waals surface area contributed by atoms with Crippen LogP contribution in [-0.2, 0) is 4.79 Å². The molecule has 1 amide bonds. The number of carbonyl (C=O) groups excluding carboxylic acids is 1. The van der Waals surface area contributed by atoms with Gasteiger partial charge in [-0.3, -0.25) is 4.79 Å². The van der Waals surface area contributed by atoms with Crippen molar-refractivity contribution in [3.8, 4) is 0 Å². The third kappa shape index (κ3) is 4.43. The molecule has 1 fully saturated rings. The summed E-state index contributed by atoms with van der Waals surface area (Å²) in [5, 5.41) is 3.42. The van der Waals surface area contributed by atoms with E-state index in [-0.39, 0.29) is 18.3 Å². The van der Waals surface area contributed by atoms with Gasteiger partial charge < -0.3 is 10.2 Å². The first-order valence-corrected chi connectivity index (χ1v) is 7.15. The molecule has 0 bridgehead atoms. The molecule has 0 spiro atoms. The van der Waals surface area contributed by atoms with Crippen LogP contribution in [0.5, 0.6) is 0 Å². The highest BCUT2D eigenvalue weighted by Gasteiger charge is 2.31. The number of carbonyl (C=O) groups is 1. The molecular formula is C14H29ClN2O. The Balaban J connectivity index is 0.00000289. The average molecular weight is 277 g/mol. The van der Waals surface area contributed by atoms with Gasteiger partial charge in [-0.25, -0.2) is 0 Å². The molecule has 3 nitrogen and oxygen atoms in total. The SMILES string of the molecule is CCCCC(CC)C(=O)N1CCNC(C)C1C.Cl. The van der Waals surface area contributed by atoms with Crippen LogP contribution in [0.1, 0.15) is 53.4 Å². The molecule has 18 heavy (non-hydrogen) atoms. The van der Waals surface area contributed by atoms with Gasteiger partial charge in [0, 0.05) is 31.1 Å². The minimum atomic E-state index is 0.